The van der Waals surface area contributed by atoms with Gasteiger partial charge in [0.15, 0.2) is 0 Å². The largest absolute Gasteiger partial charge is 0.480 e. The van der Waals surface area contributed by atoms with Crippen molar-refractivity contribution in [2.75, 3.05) is 26.2 Å². The molecule has 0 aromatic carbocycles. The van der Waals surface area contributed by atoms with Crippen molar-refractivity contribution in [3.05, 3.63) is 0 Å². The van der Waals surface area contributed by atoms with Gasteiger partial charge in [-0.25, -0.2) is 0 Å². The number of hydrogen-bond donors (Lipinski definition) is 1. The Morgan fingerprint density at radius 3 is 2.50 bits per heavy atom. The molecule has 0 aliphatic carbocycles. The molecule has 0 aromatic rings. The molecule has 0 unspecified atom stereocenters. The smallest absolute Gasteiger partial charge is 0.317 e. The van der Waals surface area contributed by atoms with Gasteiger partial charge in [-0.1, -0.05) is 0 Å². The van der Waals surface area contributed by atoms with Crippen LogP contribution in [0.15, 0.2) is 0 Å². The zero-order chi connectivity index (χ0) is 10.7. The van der Waals surface area contributed by atoms with Crippen molar-refractivity contribution in [1.82, 2.24) is 9.80 Å². The standard InChI is InChI=1S/C9H16N2O3/c1-7-5-11(8(2)12)4-3-10(7)6-9(13)14/h7H,3-6H2,1-2H3,(H,13,14)/t7-/m0/s1. The van der Waals surface area contributed by atoms with Gasteiger partial charge in [0, 0.05) is 32.6 Å². The van der Waals surface area contributed by atoms with Crippen molar-refractivity contribution >= 4 is 11.9 Å². The number of carbonyl (C=O) groups excluding carboxylic acids is 1. The third kappa shape index (κ3) is 2.70. The van der Waals surface area contributed by atoms with Crippen LogP contribution in [0.4, 0.5) is 0 Å². The van der Waals surface area contributed by atoms with E-state index >= 15 is 0 Å². The first-order valence-electron chi connectivity index (χ1n) is 4.72. The lowest BCUT2D eigenvalue weighted by Gasteiger charge is -2.38. The molecule has 1 N–H and O–H groups in total. The van der Waals surface area contributed by atoms with Crippen LogP contribution >= 0.6 is 0 Å². The van der Waals surface area contributed by atoms with E-state index in [9.17, 15) is 9.59 Å². The van der Waals surface area contributed by atoms with Crippen LogP contribution in [0.5, 0.6) is 0 Å². The first-order valence-corrected chi connectivity index (χ1v) is 4.72. The molecule has 1 saturated heterocycles. The summed E-state index contributed by atoms with van der Waals surface area (Å²) in [6, 6.07) is 0.128. The molecule has 0 spiro atoms. The minimum absolute atomic E-state index is 0.0619. The molecule has 5 nitrogen and oxygen atoms in total. The number of hydrogen-bond acceptors (Lipinski definition) is 3. The van der Waals surface area contributed by atoms with Gasteiger partial charge in [0.25, 0.3) is 0 Å². The monoisotopic (exact) mass is 200 g/mol. The average molecular weight is 200 g/mol. The van der Waals surface area contributed by atoms with Crippen molar-refractivity contribution in [2.45, 2.75) is 19.9 Å². The van der Waals surface area contributed by atoms with Crippen molar-refractivity contribution < 1.29 is 14.7 Å². The first-order chi connectivity index (χ1) is 6.50. The maximum atomic E-state index is 11.1. The molecule has 1 fully saturated rings. The number of carboxylic acid groups (broad SMARTS) is 1. The Morgan fingerprint density at radius 1 is 1.43 bits per heavy atom. The highest BCUT2D eigenvalue weighted by Gasteiger charge is 2.25. The number of piperazine rings is 1. The Hall–Kier alpha value is -1.10. The lowest BCUT2D eigenvalue weighted by Crippen LogP contribution is -2.54. The summed E-state index contributed by atoms with van der Waals surface area (Å²) in [7, 11) is 0. The zero-order valence-corrected chi connectivity index (χ0v) is 8.56. The minimum Gasteiger partial charge on any atom is -0.480 e. The number of amides is 1. The molecule has 1 aliphatic heterocycles. The molecule has 14 heavy (non-hydrogen) atoms. The number of carboxylic acids is 1. The Bertz CT molecular complexity index is 242. The normalized spacial score (nSPS) is 23.6. The molecular weight excluding hydrogens is 184 g/mol. The van der Waals surface area contributed by atoms with E-state index in [0.717, 1.165) is 0 Å². The van der Waals surface area contributed by atoms with Crippen molar-refractivity contribution in [2.24, 2.45) is 0 Å². The quantitative estimate of drug-likeness (QED) is 0.660. The lowest BCUT2D eigenvalue weighted by molar-refractivity contribution is -0.140. The van der Waals surface area contributed by atoms with Gasteiger partial charge in [-0.05, 0) is 6.92 Å². The molecular formula is C9H16N2O3. The van der Waals surface area contributed by atoms with E-state index < -0.39 is 5.97 Å². The fourth-order valence-corrected chi connectivity index (χ4v) is 1.69. The maximum Gasteiger partial charge on any atom is 0.317 e. The van der Waals surface area contributed by atoms with Gasteiger partial charge in [0.1, 0.15) is 0 Å². The van der Waals surface area contributed by atoms with E-state index in [1.54, 1.807) is 11.8 Å². The minimum atomic E-state index is -0.812. The van der Waals surface area contributed by atoms with Crippen LogP contribution in [0.25, 0.3) is 0 Å². The first kappa shape index (κ1) is 11.0. The summed E-state index contributed by atoms with van der Waals surface area (Å²) in [6.07, 6.45) is 0. The van der Waals surface area contributed by atoms with Gasteiger partial charge in [-0.3, -0.25) is 14.5 Å². The predicted molar refractivity (Wildman–Crippen MR) is 50.9 cm³/mol. The highest BCUT2D eigenvalue weighted by molar-refractivity contribution is 5.73. The molecule has 0 saturated carbocycles. The summed E-state index contributed by atoms with van der Waals surface area (Å²) in [5.74, 6) is -0.750. The molecule has 5 heteroatoms. The second-order valence-corrected chi connectivity index (χ2v) is 3.68. The Morgan fingerprint density at radius 2 is 2.07 bits per heavy atom. The third-order valence-electron chi connectivity index (χ3n) is 2.55. The summed E-state index contributed by atoms with van der Waals surface area (Å²) in [4.78, 5) is 25.2. The van der Waals surface area contributed by atoms with Crippen LogP contribution < -0.4 is 0 Å². The van der Waals surface area contributed by atoms with Crippen molar-refractivity contribution in [3.63, 3.8) is 0 Å². The fraction of sp³-hybridized carbons (Fsp3) is 0.778. The maximum absolute atomic E-state index is 11.1. The molecule has 1 heterocycles. The van der Waals surface area contributed by atoms with E-state index in [1.165, 1.54) is 0 Å². The van der Waals surface area contributed by atoms with E-state index in [1.807, 2.05) is 11.8 Å². The molecule has 1 amide bonds. The zero-order valence-electron chi connectivity index (χ0n) is 8.56. The molecule has 1 rings (SSSR count). The summed E-state index contributed by atoms with van der Waals surface area (Å²) in [6.45, 7) is 5.45. The summed E-state index contributed by atoms with van der Waals surface area (Å²) < 4.78 is 0. The van der Waals surface area contributed by atoms with E-state index in [2.05, 4.69) is 0 Å². The SMILES string of the molecule is CC(=O)N1CCN(CC(=O)O)[C@@H](C)C1. The van der Waals surface area contributed by atoms with Gasteiger partial charge < -0.3 is 10.0 Å². The topological polar surface area (TPSA) is 60.9 Å². The second kappa shape index (κ2) is 4.41. The fourth-order valence-electron chi connectivity index (χ4n) is 1.69. The van der Waals surface area contributed by atoms with Crippen LogP contribution in [0.3, 0.4) is 0 Å². The number of rotatable bonds is 2. The average Bonchev–Trinajstić information content (AvgIpc) is 2.07. The molecule has 1 aliphatic rings. The number of nitrogens with zero attached hydrogens (tertiary/aromatic N) is 2. The Labute approximate surface area is 83.3 Å². The summed E-state index contributed by atoms with van der Waals surface area (Å²) in [5.41, 5.74) is 0. The summed E-state index contributed by atoms with van der Waals surface area (Å²) >= 11 is 0. The van der Waals surface area contributed by atoms with Crippen LogP contribution in [0, 0.1) is 0 Å². The summed E-state index contributed by atoms with van der Waals surface area (Å²) in [5, 5.41) is 8.64. The van der Waals surface area contributed by atoms with Crippen LogP contribution in [-0.2, 0) is 9.59 Å². The molecule has 0 aromatic heterocycles. The van der Waals surface area contributed by atoms with Gasteiger partial charge in [0.05, 0.1) is 6.54 Å². The van der Waals surface area contributed by atoms with Gasteiger partial charge >= 0.3 is 5.97 Å². The van der Waals surface area contributed by atoms with Crippen LogP contribution in [0.1, 0.15) is 13.8 Å². The highest BCUT2D eigenvalue weighted by atomic mass is 16.4. The van der Waals surface area contributed by atoms with Gasteiger partial charge in [-0.15, -0.1) is 0 Å². The third-order valence-corrected chi connectivity index (χ3v) is 2.55. The van der Waals surface area contributed by atoms with Crippen molar-refractivity contribution in [3.8, 4) is 0 Å². The highest BCUT2D eigenvalue weighted by Crippen LogP contribution is 2.08. The second-order valence-electron chi connectivity index (χ2n) is 3.68. The van der Waals surface area contributed by atoms with Gasteiger partial charge in [-0.2, -0.15) is 0 Å². The van der Waals surface area contributed by atoms with Crippen LogP contribution in [-0.4, -0.2) is 59.0 Å². The Balaban J connectivity index is 2.47. The van der Waals surface area contributed by atoms with Crippen molar-refractivity contribution in [1.29, 1.82) is 0 Å². The number of carbonyl (C=O) groups is 2. The van der Waals surface area contributed by atoms with Gasteiger partial charge in [0.2, 0.25) is 5.91 Å². The van der Waals surface area contributed by atoms with E-state index in [4.69, 9.17) is 5.11 Å². The lowest BCUT2D eigenvalue weighted by atomic mass is 10.2. The predicted octanol–water partition coefficient (Wildman–Crippen LogP) is -0.376. The van der Waals surface area contributed by atoms with Crippen LogP contribution in [0.2, 0.25) is 0 Å². The van der Waals surface area contributed by atoms with E-state index in [-0.39, 0.29) is 18.5 Å². The number of aliphatic carboxylic acids is 1. The van der Waals surface area contributed by atoms with E-state index in [0.29, 0.717) is 19.6 Å². The Kier molecular flexibility index (Phi) is 3.46. The molecule has 0 radical (unpaired) electrons. The molecule has 80 valence electrons. The molecule has 0 bridgehead atoms. The molecule has 1 atom stereocenters.